The lowest BCUT2D eigenvalue weighted by Crippen LogP contribution is -2.35. The number of rotatable bonds is 3. The molecule has 1 aromatic heterocycles. The molecular formula is C8H15N5. The van der Waals surface area contributed by atoms with Gasteiger partial charge in [-0.2, -0.15) is 5.10 Å². The number of aromatic nitrogens is 2. The van der Waals surface area contributed by atoms with E-state index in [0.717, 1.165) is 18.9 Å². The smallest absolute Gasteiger partial charge is 0.190 e. The number of hydrogen-bond donors (Lipinski definition) is 3. The molecule has 5 nitrogen and oxygen atoms in total. The highest BCUT2D eigenvalue weighted by atomic mass is 15.1. The summed E-state index contributed by atoms with van der Waals surface area (Å²) in [6.45, 7) is 0.854. The second-order valence-electron chi connectivity index (χ2n) is 2.61. The predicted molar refractivity (Wildman–Crippen MR) is 52.7 cm³/mol. The van der Waals surface area contributed by atoms with Crippen LogP contribution in [0.15, 0.2) is 17.4 Å². The molecule has 1 aromatic rings. The molecule has 13 heavy (non-hydrogen) atoms. The Labute approximate surface area is 77.6 Å². The number of hydrogen-bond acceptors (Lipinski definition) is 2. The topological polar surface area (TPSA) is 65.1 Å². The summed E-state index contributed by atoms with van der Waals surface area (Å²) in [4.78, 5) is 4.00. The van der Waals surface area contributed by atoms with Crippen molar-refractivity contribution in [1.29, 1.82) is 0 Å². The second-order valence-corrected chi connectivity index (χ2v) is 2.61. The number of aliphatic imine (C=N–C) groups is 1. The average Bonchev–Trinajstić information content (AvgIpc) is 2.65. The molecule has 0 aliphatic heterocycles. The maximum atomic E-state index is 4.00. The van der Waals surface area contributed by atoms with Crippen LogP contribution < -0.4 is 10.6 Å². The van der Waals surface area contributed by atoms with Crippen molar-refractivity contribution in [1.82, 2.24) is 20.8 Å². The summed E-state index contributed by atoms with van der Waals surface area (Å²) >= 11 is 0. The van der Waals surface area contributed by atoms with Crippen molar-refractivity contribution in [2.45, 2.75) is 6.42 Å². The lowest BCUT2D eigenvalue weighted by atomic mass is 10.2. The maximum Gasteiger partial charge on any atom is 0.190 e. The normalized spacial score (nSPS) is 11.4. The maximum absolute atomic E-state index is 4.00. The third-order valence-electron chi connectivity index (χ3n) is 1.72. The van der Waals surface area contributed by atoms with Crippen molar-refractivity contribution in [3.05, 3.63) is 18.0 Å². The van der Waals surface area contributed by atoms with Crippen LogP contribution in [0.4, 0.5) is 0 Å². The van der Waals surface area contributed by atoms with Crippen molar-refractivity contribution in [2.75, 3.05) is 20.6 Å². The Kier molecular flexibility index (Phi) is 3.81. The van der Waals surface area contributed by atoms with Gasteiger partial charge in [0.15, 0.2) is 5.96 Å². The molecule has 5 heteroatoms. The molecule has 0 bridgehead atoms. The second kappa shape index (κ2) is 5.18. The summed E-state index contributed by atoms with van der Waals surface area (Å²) in [7, 11) is 3.59. The minimum atomic E-state index is 0.809. The number of guanidine groups is 1. The van der Waals surface area contributed by atoms with E-state index in [4.69, 9.17) is 0 Å². The van der Waals surface area contributed by atoms with Gasteiger partial charge >= 0.3 is 0 Å². The molecule has 0 saturated heterocycles. The van der Waals surface area contributed by atoms with Gasteiger partial charge in [-0.25, -0.2) is 0 Å². The number of aromatic amines is 1. The molecule has 72 valence electrons. The highest BCUT2D eigenvalue weighted by molar-refractivity contribution is 5.79. The first-order valence-electron chi connectivity index (χ1n) is 4.23. The van der Waals surface area contributed by atoms with Crippen LogP contribution in [0.25, 0.3) is 0 Å². The zero-order valence-corrected chi connectivity index (χ0v) is 7.96. The van der Waals surface area contributed by atoms with Crippen LogP contribution in [-0.2, 0) is 6.42 Å². The SMILES string of the molecule is CN=C(NC)NCCc1cn[nH]c1. The summed E-state index contributed by atoms with van der Waals surface area (Å²) in [5.74, 6) is 0.809. The van der Waals surface area contributed by atoms with E-state index in [2.05, 4.69) is 25.8 Å². The third kappa shape index (κ3) is 3.14. The summed E-state index contributed by atoms with van der Waals surface area (Å²) in [6.07, 6.45) is 4.66. The van der Waals surface area contributed by atoms with Crippen LogP contribution in [0, 0.1) is 0 Å². The van der Waals surface area contributed by atoms with Gasteiger partial charge in [-0.05, 0) is 12.0 Å². The van der Waals surface area contributed by atoms with E-state index in [1.807, 2.05) is 19.4 Å². The molecule has 0 aromatic carbocycles. The zero-order chi connectivity index (χ0) is 9.52. The molecule has 0 saturated carbocycles. The molecule has 0 radical (unpaired) electrons. The Hall–Kier alpha value is -1.52. The average molecular weight is 181 g/mol. The van der Waals surface area contributed by atoms with Gasteiger partial charge in [0.1, 0.15) is 0 Å². The lowest BCUT2D eigenvalue weighted by Gasteiger charge is -2.06. The molecular weight excluding hydrogens is 166 g/mol. The number of nitrogens with zero attached hydrogens (tertiary/aromatic N) is 2. The van der Waals surface area contributed by atoms with E-state index in [1.165, 1.54) is 5.56 Å². The third-order valence-corrected chi connectivity index (χ3v) is 1.72. The standard InChI is InChI=1S/C8H15N5/c1-9-8(10-2)11-4-3-7-5-12-13-6-7/h5-6H,3-4H2,1-2H3,(H,12,13)(H2,9,10,11). The van der Waals surface area contributed by atoms with Gasteiger partial charge in [0.05, 0.1) is 6.20 Å². The highest BCUT2D eigenvalue weighted by Gasteiger charge is 1.95. The first kappa shape index (κ1) is 9.57. The Morgan fingerprint density at radius 1 is 1.69 bits per heavy atom. The monoisotopic (exact) mass is 181 g/mol. The van der Waals surface area contributed by atoms with Crippen molar-refractivity contribution in [3.8, 4) is 0 Å². The van der Waals surface area contributed by atoms with Gasteiger partial charge in [0.25, 0.3) is 0 Å². The van der Waals surface area contributed by atoms with Crippen molar-refractivity contribution in [2.24, 2.45) is 4.99 Å². The predicted octanol–water partition coefficient (Wildman–Crippen LogP) is -0.253. The number of nitrogens with one attached hydrogen (secondary N) is 3. The summed E-state index contributed by atoms with van der Waals surface area (Å²) in [6, 6.07) is 0. The van der Waals surface area contributed by atoms with Crippen molar-refractivity contribution in [3.63, 3.8) is 0 Å². The van der Waals surface area contributed by atoms with E-state index in [-0.39, 0.29) is 0 Å². The molecule has 0 spiro atoms. The molecule has 0 unspecified atom stereocenters. The van der Waals surface area contributed by atoms with Gasteiger partial charge in [0, 0.05) is 26.8 Å². The quantitative estimate of drug-likeness (QED) is 0.445. The van der Waals surface area contributed by atoms with E-state index in [1.54, 1.807) is 7.05 Å². The lowest BCUT2D eigenvalue weighted by molar-refractivity contribution is 0.834. The van der Waals surface area contributed by atoms with Crippen LogP contribution in [0.5, 0.6) is 0 Å². The van der Waals surface area contributed by atoms with Crippen molar-refractivity contribution >= 4 is 5.96 Å². The Morgan fingerprint density at radius 3 is 3.08 bits per heavy atom. The first-order chi connectivity index (χ1) is 6.36. The van der Waals surface area contributed by atoms with Gasteiger partial charge < -0.3 is 10.6 Å². The van der Waals surface area contributed by atoms with Crippen LogP contribution in [0.3, 0.4) is 0 Å². The highest BCUT2D eigenvalue weighted by Crippen LogP contribution is 1.92. The van der Waals surface area contributed by atoms with E-state index in [9.17, 15) is 0 Å². The van der Waals surface area contributed by atoms with Gasteiger partial charge in [-0.3, -0.25) is 10.1 Å². The summed E-state index contributed by atoms with van der Waals surface area (Å²) in [5, 5.41) is 12.7. The van der Waals surface area contributed by atoms with Gasteiger partial charge in [0.2, 0.25) is 0 Å². The molecule has 1 heterocycles. The van der Waals surface area contributed by atoms with E-state index in [0.29, 0.717) is 0 Å². The molecule has 0 aliphatic rings. The minimum absolute atomic E-state index is 0.809. The Morgan fingerprint density at radius 2 is 2.54 bits per heavy atom. The van der Waals surface area contributed by atoms with E-state index >= 15 is 0 Å². The van der Waals surface area contributed by atoms with Crippen LogP contribution >= 0.6 is 0 Å². The van der Waals surface area contributed by atoms with Crippen molar-refractivity contribution < 1.29 is 0 Å². The molecule has 3 N–H and O–H groups in total. The molecule has 0 fully saturated rings. The van der Waals surface area contributed by atoms with Crippen LogP contribution in [0.2, 0.25) is 0 Å². The fourth-order valence-corrected chi connectivity index (χ4v) is 1.02. The first-order valence-corrected chi connectivity index (χ1v) is 4.23. The molecule has 1 rings (SSSR count). The van der Waals surface area contributed by atoms with Crippen LogP contribution in [0.1, 0.15) is 5.56 Å². The molecule has 0 atom stereocenters. The van der Waals surface area contributed by atoms with Crippen LogP contribution in [-0.4, -0.2) is 36.8 Å². The summed E-state index contributed by atoms with van der Waals surface area (Å²) in [5.41, 5.74) is 1.19. The van der Waals surface area contributed by atoms with Gasteiger partial charge in [-0.1, -0.05) is 0 Å². The molecule has 0 amide bonds. The largest absolute Gasteiger partial charge is 0.359 e. The minimum Gasteiger partial charge on any atom is -0.359 e. The fourth-order valence-electron chi connectivity index (χ4n) is 1.02. The molecule has 0 aliphatic carbocycles. The zero-order valence-electron chi connectivity index (χ0n) is 7.96. The Bertz CT molecular complexity index is 252. The Balaban J connectivity index is 2.21. The van der Waals surface area contributed by atoms with E-state index < -0.39 is 0 Å². The summed E-state index contributed by atoms with van der Waals surface area (Å²) < 4.78 is 0. The fraction of sp³-hybridized carbons (Fsp3) is 0.500. The number of H-pyrrole nitrogens is 1. The van der Waals surface area contributed by atoms with Gasteiger partial charge in [-0.15, -0.1) is 0 Å².